The molecule has 4 N–H and O–H groups in total. The molecule has 0 aliphatic carbocycles. The monoisotopic (exact) mass is 313 g/mol. The summed E-state index contributed by atoms with van der Waals surface area (Å²) in [6.45, 7) is 5.36. The molecule has 0 heterocycles. The van der Waals surface area contributed by atoms with Crippen LogP contribution in [0.25, 0.3) is 0 Å². The van der Waals surface area contributed by atoms with Crippen molar-refractivity contribution in [2.75, 3.05) is 6.54 Å². The number of urea groups is 1. The second-order valence-electron chi connectivity index (χ2n) is 5.61. The third-order valence-electron chi connectivity index (χ3n) is 2.97. The summed E-state index contributed by atoms with van der Waals surface area (Å²) in [6.07, 6.45) is -1.10. The standard InChI is InChI=1S/C14H20ClN3O3/c1-14(2,3)18(13(20)21)11(8-17-12(16)19)9-6-4-5-7-10(9)15/h4-7,11H,8H2,1-3H3,(H,20,21)(H3,16,17,19). The second kappa shape index (κ2) is 6.67. The van der Waals surface area contributed by atoms with Gasteiger partial charge in [0.1, 0.15) is 0 Å². The number of halogens is 1. The Labute approximate surface area is 128 Å². The van der Waals surface area contributed by atoms with Crippen molar-refractivity contribution in [3.63, 3.8) is 0 Å². The van der Waals surface area contributed by atoms with Crippen molar-refractivity contribution in [3.8, 4) is 0 Å². The maximum Gasteiger partial charge on any atom is 0.408 e. The normalized spacial score (nSPS) is 12.6. The number of nitrogens with two attached hydrogens (primary N) is 1. The first-order chi connectivity index (χ1) is 9.64. The van der Waals surface area contributed by atoms with Crippen LogP contribution >= 0.6 is 11.6 Å². The van der Waals surface area contributed by atoms with Crippen molar-refractivity contribution in [1.82, 2.24) is 10.2 Å². The zero-order chi connectivity index (χ0) is 16.2. The van der Waals surface area contributed by atoms with Gasteiger partial charge in [-0.1, -0.05) is 29.8 Å². The van der Waals surface area contributed by atoms with Crippen LogP contribution in [0.15, 0.2) is 24.3 Å². The molecule has 0 saturated carbocycles. The van der Waals surface area contributed by atoms with Gasteiger partial charge in [-0.2, -0.15) is 0 Å². The second-order valence-corrected chi connectivity index (χ2v) is 6.01. The number of hydrogen-bond donors (Lipinski definition) is 3. The highest BCUT2D eigenvalue weighted by Crippen LogP contribution is 2.32. The molecule has 3 amide bonds. The Bertz CT molecular complexity index is 528. The van der Waals surface area contributed by atoms with Crippen molar-refractivity contribution in [3.05, 3.63) is 34.9 Å². The Morgan fingerprint density at radius 2 is 1.95 bits per heavy atom. The maximum absolute atomic E-state index is 11.7. The van der Waals surface area contributed by atoms with Crippen molar-refractivity contribution in [2.45, 2.75) is 32.4 Å². The molecule has 0 saturated heterocycles. The molecule has 0 bridgehead atoms. The molecular weight excluding hydrogens is 294 g/mol. The molecule has 1 rings (SSSR count). The molecular formula is C14H20ClN3O3. The maximum atomic E-state index is 11.7. The minimum atomic E-state index is -1.10. The fourth-order valence-electron chi connectivity index (χ4n) is 2.17. The lowest BCUT2D eigenvalue weighted by atomic mass is 9.98. The number of rotatable bonds is 4. The van der Waals surface area contributed by atoms with Crippen LogP contribution in [0.1, 0.15) is 32.4 Å². The molecule has 7 heteroatoms. The molecule has 1 unspecified atom stereocenters. The molecule has 1 aromatic rings. The molecule has 0 aliphatic heterocycles. The topological polar surface area (TPSA) is 95.7 Å². The zero-order valence-electron chi connectivity index (χ0n) is 12.3. The molecule has 0 fully saturated rings. The molecule has 21 heavy (non-hydrogen) atoms. The zero-order valence-corrected chi connectivity index (χ0v) is 13.0. The van der Waals surface area contributed by atoms with E-state index in [1.807, 2.05) is 0 Å². The molecule has 1 aromatic carbocycles. The van der Waals surface area contributed by atoms with E-state index in [4.69, 9.17) is 17.3 Å². The van der Waals surface area contributed by atoms with Gasteiger partial charge in [0.15, 0.2) is 0 Å². The predicted octanol–water partition coefficient (Wildman–Crippen LogP) is 2.83. The summed E-state index contributed by atoms with van der Waals surface area (Å²) >= 11 is 6.17. The fourth-order valence-corrected chi connectivity index (χ4v) is 2.43. The number of carbonyl (C=O) groups excluding carboxylic acids is 1. The van der Waals surface area contributed by atoms with Crippen LogP contribution in [-0.4, -0.2) is 34.2 Å². The van der Waals surface area contributed by atoms with E-state index in [1.54, 1.807) is 45.0 Å². The first kappa shape index (κ1) is 17.1. The molecule has 0 radical (unpaired) electrons. The average molecular weight is 314 g/mol. The van der Waals surface area contributed by atoms with E-state index >= 15 is 0 Å². The first-order valence-electron chi connectivity index (χ1n) is 6.44. The lowest BCUT2D eigenvalue weighted by Gasteiger charge is -2.40. The SMILES string of the molecule is CC(C)(C)N(C(=O)O)C(CNC(N)=O)c1ccccc1Cl. The molecule has 0 aliphatic rings. The van der Waals surface area contributed by atoms with Gasteiger partial charge in [-0.05, 0) is 32.4 Å². The number of carboxylic acid groups (broad SMARTS) is 1. The summed E-state index contributed by atoms with van der Waals surface area (Å²) in [7, 11) is 0. The third kappa shape index (κ3) is 4.53. The van der Waals surface area contributed by atoms with E-state index < -0.39 is 23.7 Å². The number of carbonyl (C=O) groups is 2. The summed E-state index contributed by atoms with van der Waals surface area (Å²) < 4.78 is 0. The summed E-state index contributed by atoms with van der Waals surface area (Å²) in [5.41, 5.74) is 5.04. The van der Waals surface area contributed by atoms with Gasteiger partial charge in [0, 0.05) is 17.1 Å². The number of amides is 3. The Kier molecular flexibility index (Phi) is 5.43. The number of nitrogens with one attached hydrogen (secondary N) is 1. The quantitative estimate of drug-likeness (QED) is 0.797. The van der Waals surface area contributed by atoms with Crippen molar-refractivity contribution < 1.29 is 14.7 Å². The summed E-state index contributed by atoms with van der Waals surface area (Å²) in [5.74, 6) is 0. The van der Waals surface area contributed by atoms with E-state index in [9.17, 15) is 14.7 Å². The highest BCUT2D eigenvalue weighted by atomic mass is 35.5. The lowest BCUT2D eigenvalue weighted by Crippen LogP contribution is -2.50. The van der Waals surface area contributed by atoms with Crippen molar-refractivity contribution >= 4 is 23.7 Å². The van der Waals surface area contributed by atoms with Gasteiger partial charge < -0.3 is 16.2 Å². The van der Waals surface area contributed by atoms with E-state index in [2.05, 4.69) is 5.32 Å². The number of primary amides is 1. The minimum absolute atomic E-state index is 0.0443. The number of nitrogens with zero attached hydrogens (tertiary/aromatic N) is 1. The fraction of sp³-hybridized carbons (Fsp3) is 0.429. The highest BCUT2D eigenvalue weighted by Gasteiger charge is 2.35. The van der Waals surface area contributed by atoms with Crippen LogP contribution in [0.3, 0.4) is 0 Å². The Morgan fingerprint density at radius 3 is 2.38 bits per heavy atom. The van der Waals surface area contributed by atoms with Crippen LogP contribution in [0.2, 0.25) is 5.02 Å². The van der Waals surface area contributed by atoms with Crippen LogP contribution in [0.5, 0.6) is 0 Å². The Balaban J connectivity index is 3.27. The van der Waals surface area contributed by atoms with Crippen molar-refractivity contribution in [2.24, 2.45) is 5.73 Å². The van der Waals surface area contributed by atoms with Gasteiger partial charge in [0.05, 0.1) is 6.04 Å². The van der Waals surface area contributed by atoms with Crippen LogP contribution in [0.4, 0.5) is 9.59 Å². The van der Waals surface area contributed by atoms with E-state index in [0.29, 0.717) is 10.6 Å². The largest absolute Gasteiger partial charge is 0.465 e. The molecule has 0 aromatic heterocycles. The van der Waals surface area contributed by atoms with Crippen LogP contribution in [0, 0.1) is 0 Å². The third-order valence-corrected chi connectivity index (χ3v) is 3.32. The molecule has 1 atom stereocenters. The smallest absolute Gasteiger partial charge is 0.408 e. The Hall–Kier alpha value is -1.95. The van der Waals surface area contributed by atoms with Gasteiger partial charge in [0.2, 0.25) is 0 Å². The van der Waals surface area contributed by atoms with Gasteiger partial charge >= 0.3 is 12.1 Å². The molecule has 0 spiro atoms. The number of benzene rings is 1. The number of hydrogen-bond acceptors (Lipinski definition) is 2. The predicted molar refractivity (Wildman–Crippen MR) is 81.4 cm³/mol. The van der Waals surface area contributed by atoms with E-state index in [-0.39, 0.29) is 6.54 Å². The van der Waals surface area contributed by atoms with Gasteiger partial charge in [-0.3, -0.25) is 4.90 Å². The first-order valence-corrected chi connectivity index (χ1v) is 6.82. The molecule has 116 valence electrons. The minimum Gasteiger partial charge on any atom is -0.465 e. The average Bonchev–Trinajstić information content (AvgIpc) is 2.32. The summed E-state index contributed by atoms with van der Waals surface area (Å²) in [6, 6.07) is 5.58. The Morgan fingerprint density at radius 1 is 1.38 bits per heavy atom. The van der Waals surface area contributed by atoms with Crippen LogP contribution < -0.4 is 11.1 Å². The van der Waals surface area contributed by atoms with Crippen LogP contribution in [-0.2, 0) is 0 Å². The van der Waals surface area contributed by atoms with Crippen molar-refractivity contribution in [1.29, 1.82) is 0 Å². The summed E-state index contributed by atoms with van der Waals surface area (Å²) in [5, 5.41) is 12.4. The van der Waals surface area contributed by atoms with E-state index in [0.717, 1.165) is 0 Å². The lowest BCUT2D eigenvalue weighted by molar-refractivity contribution is 0.0700. The summed E-state index contributed by atoms with van der Waals surface area (Å²) in [4.78, 5) is 23.9. The van der Waals surface area contributed by atoms with Gasteiger partial charge in [0.25, 0.3) is 0 Å². The van der Waals surface area contributed by atoms with Gasteiger partial charge in [-0.15, -0.1) is 0 Å². The molecule has 6 nitrogen and oxygen atoms in total. The van der Waals surface area contributed by atoms with Gasteiger partial charge in [-0.25, -0.2) is 9.59 Å². The van der Waals surface area contributed by atoms with E-state index in [1.165, 1.54) is 4.90 Å². The highest BCUT2D eigenvalue weighted by molar-refractivity contribution is 6.31.